The number of benzene rings is 1. The van der Waals surface area contributed by atoms with Crippen molar-refractivity contribution < 1.29 is 14.3 Å². The van der Waals surface area contributed by atoms with Gasteiger partial charge in [0, 0.05) is 0 Å². The van der Waals surface area contributed by atoms with Gasteiger partial charge in [-0.05, 0) is 35.5 Å². The molecule has 4 nitrogen and oxygen atoms in total. The molecule has 0 N–H and O–H groups in total. The van der Waals surface area contributed by atoms with Crippen LogP contribution in [0, 0.1) is 12.3 Å². The van der Waals surface area contributed by atoms with E-state index >= 15 is 0 Å². The van der Waals surface area contributed by atoms with E-state index in [9.17, 15) is 9.59 Å². The molecule has 0 aliphatic carbocycles. The van der Waals surface area contributed by atoms with E-state index in [-0.39, 0.29) is 17.7 Å². The number of nitrogens with zero attached hydrogens (tertiary/aromatic N) is 1. The van der Waals surface area contributed by atoms with E-state index in [0.717, 1.165) is 22.2 Å². The molecule has 1 aromatic rings. The summed E-state index contributed by atoms with van der Waals surface area (Å²) < 4.78 is 5.10. The number of hydrogen-bond acceptors (Lipinski definition) is 4. The highest BCUT2D eigenvalue weighted by atomic mass is 32.2. The molecule has 0 atom stereocenters. The summed E-state index contributed by atoms with van der Waals surface area (Å²) in [6.45, 7) is 0.000117. The van der Waals surface area contributed by atoms with E-state index in [1.807, 2.05) is 12.1 Å². The normalized spacial score (nSPS) is 16.8. The van der Waals surface area contributed by atoms with Crippen LogP contribution in [-0.4, -0.2) is 29.7 Å². The van der Waals surface area contributed by atoms with Crippen LogP contribution in [0.1, 0.15) is 5.56 Å². The van der Waals surface area contributed by atoms with Crippen LogP contribution in [0.4, 0.5) is 4.79 Å². The highest BCUT2D eigenvalue weighted by Crippen LogP contribution is 2.32. The molecule has 2 amide bonds. The molecule has 96 valence electrons. The summed E-state index contributed by atoms with van der Waals surface area (Å²) in [4.78, 5) is 25.0. The van der Waals surface area contributed by atoms with Crippen molar-refractivity contribution in [3.8, 4) is 18.1 Å². The molecule has 19 heavy (non-hydrogen) atoms. The second-order valence-corrected chi connectivity index (χ2v) is 4.74. The number of rotatable bonds is 3. The Morgan fingerprint density at radius 1 is 1.47 bits per heavy atom. The molecule has 0 bridgehead atoms. The van der Waals surface area contributed by atoms with Crippen molar-refractivity contribution >= 4 is 29.0 Å². The van der Waals surface area contributed by atoms with Crippen molar-refractivity contribution in [3.05, 3.63) is 34.7 Å². The third-order valence-corrected chi connectivity index (χ3v) is 3.42. The van der Waals surface area contributed by atoms with Crippen molar-refractivity contribution in [1.29, 1.82) is 0 Å². The van der Waals surface area contributed by atoms with Crippen LogP contribution in [0.15, 0.2) is 29.2 Å². The Hall–Kier alpha value is -2.19. The summed E-state index contributed by atoms with van der Waals surface area (Å²) in [6, 6.07) is 7.24. The van der Waals surface area contributed by atoms with Crippen LogP contribution in [0.5, 0.6) is 5.75 Å². The van der Waals surface area contributed by atoms with Gasteiger partial charge in [-0.3, -0.25) is 14.5 Å². The van der Waals surface area contributed by atoms with Gasteiger partial charge in [0.1, 0.15) is 5.75 Å². The Labute approximate surface area is 115 Å². The van der Waals surface area contributed by atoms with Gasteiger partial charge in [0.2, 0.25) is 0 Å². The third-order valence-electron chi connectivity index (χ3n) is 2.51. The van der Waals surface area contributed by atoms with Crippen LogP contribution < -0.4 is 4.74 Å². The van der Waals surface area contributed by atoms with Crippen LogP contribution in [-0.2, 0) is 4.79 Å². The average Bonchev–Trinajstić information content (AvgIpc) is 2.67. The van der Waals surface area contributed by atoms with Gasteiger partial charge in [0.15, 0.2) is 0 Å². The lowest BCUT2D eigenvalue weighted by molar-refractivity contribution is -0.122. The van der Waals surface area contributed by atoms with E-state index in [4.69, 9.17) is 11.2 Å². The number of terminal acetylenes is 1. The second-order valence-electron chi connectivity index (χ2n) is 3.75. The van der Waals surface area contributed by atoms with Crippen LogP contribution in [0.2, 0.25) is 0 Å². The standard InChI is InChI=1S/C14H11NO3S/c1-3-7-15-13(16)12(19-14(15)17)9-10-5-4-6-11(8-10)18-2/h1,4-6,8-9H,7H2,2H3/b12-9+. The monoisotopic (exact) mass is 273 g/mol. The maximum Gasteiger partial charge on any atom is 0.294 e. The Bertz CT molecular complexity index is 601. The number of ether oxygens (including phenoxy) is 1. The van der Waals surface area contributed by atoms with Gasteiger partial charge in [0.25, 0.3) is 11.1 Å². The molecule has 5 heteroatoms. The molecule has 0 spiro atoms. The Kier molecular flexibility index (Phi) is 3.93. The van der Waals surface area contributed by atoms with Gasteiger partial charge in [-0.15, -0.1) is 6.42 Å². The number of methoxy groups -OCH3 is 1. The highest BCUT2D eigenvalue weighted by Gasteiger charge is 2.34. The minimum absolute atomic E-state index is 0.000117. The molecule has 1 heterocycles. The molecule has 1 aromatic carbocycles. The SMILES string of the molecule is C#CCN1C(=O)S/C(=C/c2cccc(OC)c2)C1=O. The number of hydrogen-bond donors (Lipinski definition) is 0. The maximum absolute atomic E-state index is 12.0. The van der Waals surface area contributed by atoms with E-state index in [2.05, 4.69) is 5.92 Å². The lowest BCUT2D eigenvalue weighted by atomic mass is 10.2. The zero-order valence-electron chi connectivity index (χ0n) is 10.3. The molecule has 2 rings (SSSR count). The fourth-order valence-electron chi connectivity index (χ4n) is 1.61. The van der Waals surface area contributed by atoms with Gasteiger partial charge in [-0.25, -0.2) is 0 Å². The Morgan fingerprint density at radius 2 is 2.26 bits per heavy atom. The molecule has 1 fully saturated rings. The molecule has 0 saturated carbocycles. The summed E-state index contributed by atoms with van der Waals surface area (Å²) >= 11 is 0.892. The summed E-state index contributed by atoms with van der Waals surface area (Å²) in [7, 11) is 1.57. The first-order chi connectivity index (χ1) is 9.15. The zero-order valence-corrected chi connectivity index (χ0v) is 11.1. The molecule has 1 saturated heterocycles. The Balaban J connectivity index is 2.27. The highest BCUT2D eigenvalue weighted by molar-refractivity contribution is 8.18. The average molecular weight is 273 g/mol. The van der Waals surface area contributed by atoms with Crippen molar-refractivity contribution in [1.82, 2.24) is 4.90 Å². The minimum atomic E-state index is -0.351. The molecule has 0 radical (unpaired) electrons. The van der Waals surface area contributed by atoms with Gasteiger partial charge < -0.3 is 4.74 Å². The predicted octanol–water partition coefficient (Wildman–Crippen LogP) is 2.36. The largest absolute Gasteiger partial charge is 0.497 e. The molecule has 0 unspecified atom stereocenters. The number of thioether (sulfide) groups is 1. The molecule has 1 aliphatic heterocycles. The fraction of sp³-hybridized carbons (Fsp3) is 0.143. The number of imide groups is 1. The van der Waals surface area contributed by atoms with Gasteiger partial charge >= 0.3 is 0 Å². The van der Waals surface area contributed by atoms with Gasteiger partial charge in [0.05, 0.1) is 18.6 Å². The predicted molar refractivity (Wildman–Crippen MR) is 74.5 cm³/mol. The van der Waals surface area contributed by atoms with E-state index in [1.165, 1.54) is 0 Å². The van der Waals surface area contributed by atoms with Gasteiger partial charge in [-0.1, -0.05) is 18.1 Å². The summed E-state index contributed by atoms with van der Waals surface area (Å²) in [6.07, 6.45) is 6.78. The number of amides is 2. The zero-order chi connectivity index (χ0) is 13.8. The first-order valence-corrected chi connectivity index (χ1v) is 6.30. The molecular formula is C14H11NO3S. The fourth-order valence-corrected chi connectivity index (χ4v) is 2.45. The lowest BCUT2D eigenvalue weighted by Gasteiger charge is -2.06. The molecule has 0 aromatic heterocycles. The van der Waals surface area contributed by atoms with E-state index in [0.29, 0.717) is 10.7 Å². The van der Waals surface area contributed by atoms with E-state index in [1.54, 1.807) is 25.3 Å². The maximum atomic E-state index is 12.0. The van der Waals surface area contributed by atoms with Crippen LogP contribution in [0.3, 0.4) is 0 Å². The number of carbonyl (C=O) groups is 2. The summed E-state index contributed by atoms with van der Waals surface area (Å²) in [5, 5.41) is -0.336. The topological polar surface area (TPSA) is 46.6 Å². The third kappa shape index (κ3) is 2.80. The first kappa shape index (κ1) is 13.2. The lowest BCUT2D eigenvalue weighted by Crippen LogP contribution is -2.28. The van der Waals surface area contributed by atoms with Crippen molar-refractivity contribution in [2.45, 2.75) is 0 Å². The van der Waals surface area contributed by atoms with Crippen molar-refractivity contribution in [3.63, 3.8) is 0 Å². The van der Waals surface area contributed by atoms with Crippen molar-refractivity contribution in [2.24, 2.45) is 0 Å². The minimum Gasteiger partial charge on any atom is -0.497 e. The van der Waals surface area contributed by atoms with Crippen LogP contribution in [0.25, 0.3) is 6.08 Å². The van der Waals surface area contributed by atoms with Crippen molar-refractivity contribution in [2.75, 3.05) is 13.7 Å². The molecular weight excluding hydrogens is 262 g/mol. The van der Waals surface area contributed by atoms with Crippen LogP contribution >= 0.6 is 11.8 Å². The second kappa shape index (κ2) is 5.63. The summed E-state index contributed by atoms with van der Waals surface area (Å²) in [5.41, 5.74) is 0.797. The quantitative estimate of drug-likeness (QED) is 0.626. The van der Waals surface area contributed by atoms with E-state index < -0.39 is 0 Å². The Morgan fingerprint density at radius 3 is 2.95 bits per heavy atom. The smallest absolute Gasteiger partial charge is 0.294 e. The molecule has 1 aliphatic rings. The number of carbonyl (C=O) groups excluding carboxylic acids is 2. The summed E-state index contributed by atoms with van der Waals surface area (Å²) in [5.74, 6) is 2.64. The first-order valence-electron chi connectivity index (χ1n) is 5.48. The van der Waals surface area contributed by atoms with Gasteiger partial charge in [-0.2, -0.15) is 0 Å².